The Morgan fingerprint density at radius 1 is 0.321 bits per heavy atom. The van der Waals surface area contributed by atoms with Crippen molar-refractivity contribution in [3.63, 3.8) is 0 Å². The summed E-state index contributed by atoms with van der Waals surface area (Å²) in [6.45, 7) is 4.77. The summed E-state index contributed by atoms with van der Waals surface area (Å²) in [4.78, 5) is 15.3. The van der Waals surface area contributed by atoms with Gasteiger partial charge in [0.05, 0.1) is 5.41 Å². The first-order valence-corrected chi connectivity index (χ1v) is 19.4. The molecule has 0 saturated heterocycles. The molecule has 0 unspecified atom stereocenters. The Hall–Kier alpha value is -6.97. The molecule has 1 spiro atoms. The van der Waals surface area contributed by atoms with Gasteiger partial charge in [-0.05, 0) is 78.5 Å². The zero-order valence-corrected chi connectivity index (χ0v) is 31.2. The van der Waals surface area contributed by atoms with Crippen molar-refractivity contribution in [2.24, 2.45) is 0 Å². The number of rotatable bonds is 4. The predicted molar refractivity (Wildman–Crippen MR) is 229 cm³/mol. The standard InChI is InChI=1S/C53H37N3/c1-52(2)45-28-12-13-29-46(45)53(43-26-10-8-23-40(43)41-24-9-11-27-44(41)53)47-31-30-37(33-48(47)52)36-20-14-21-38(32-36)50-54-49(35-17-4-3-5-18-35)55-51(56-50)42-25-15-19-34-16-6-7-22-39(34)42/h3-33H,1-2H3. The van der Waals surface area contributed by atoms with Crippen LogP contribution in [0, 0.1) is 0 Å². The number of nitrogens with zero attached hydrogens (tertiary/aromatic N) is 3. The summed E-state index contributed by atoms with van der Waals surface area (Å²) in [5.74, 6) is 1.96. The Kier molecular flexibility index (Phi) is 7.11. The van der Waals surface area contributed by atoms with Crippen LogP contribution in [0.1, 0.15) is 47.2 Å². The topological polar surface area (TPSA) is 38.7 Å². The zero-order chi connectivity index (χ0) is 37.4. The number of hydrogen-bond donors (Lipinski definition) is 0. The molecule has 9 aromatic rings. The second-order valence-electron chi connectivity index (χ2n) is 15.6. The minimum Gasteiger partial charge on any atom is -0.208 e. The highest BCUT2D eigenvalue weighted by atomic mass is 15.0. The van der Waals surface area contributed by atoms with Crippen LogP contribution in [0.4, 0.5) is 0 Å². The van der Waals surface area contributed by atoms with Gasteiger partial charge in [-0.2, -0.15) is 0 Å². The molecule has 11 rings (SSSR count). The van der Waals surface area contributed by atoms with E-state index in [-0.39, 0.29) is 5.41 Å². The van der Waals surface area contributed by atoms with Crippen LogP contribution in [-0.2, 0) is 10.8 Å². The molecule has 0 atom stereocenters. The minimum atomic E-state index is -0.411. The van der Waals surface area contributed by atoms with E-state index in [4.69, 9.17) is 15.0 Å². The molecule has 0 aliphatic heterocycles. The van der Waals surface area contributed by atoms with Crippen LogP contribution in [0.2, 0.25) is 0 Å². The van der Waals surface area contributed by atoms with Crippen molar-refractivity contribution in [3.8, 4) is 56.4 Å². The van der Waals surface area contributed by atoms with Crippen molar-refractivity contribution in [3.05, 3.63) is 221 Å². The molecule has 2 aliphatic carbocycles. The average molecular weight is 716 g/mol. The van der Waals surface area contributed by atoms with Gasteiger partial charge in [-0.15, -0.1) is 0 Å². The monoisotopic (exact) mass is 715 g/mol. The Labute approximate surface area is 327 Å². The first-order chi connectivity index (χ1) is 27.5. The van der Waals surface area contributed by atoms with Crippen molar-refractivity contribution in [2.45, 2.75) is 24.7 Å². The third-order valence-electron chi connectivity index (χ3n) is 12.2. The summed E-state index contributed by atoms with van der Waals surface area (Å²) >= 11 is 0. The second kappa shape index (κ2) is 12.3. The molecular formula is C53H37N3. The van der Waals surface area contributed by atoms with Gasteiger partial charge in [0, 0.05) is 22.1 Å². The maximum absolute atomic E-state index is 5.17. The molecule has 264 valence electrons. The van der Waals surface area contributed by atoms with E-state index in [1.54, 1.807) is 0 Å². The van der Waals surface area contributed by atoms with Crippen LogP contribution in [0.5, 0.6) is 0 Å². The maximum atomic E-state index is 5.17. The minimum absolute atomic E-state index is 0.233. The van der Waals surface area contributed by atoms with Crippen molar-refractivity contribution in [1.82, 2.24) is 15.0 Å². The van der Waals surface area contributed by atoms with Crippen LogP contribution in [0.25, 0.3) is 67.2 Å². The molecule has 0 fully saturated rings. The van der Waals surface area contributed by atoms with E-state index in [0.29, 0.717) is 17.5 Å². The molecular weight excluding hydrogens is 679 g/mol. The van der Waals surface area contributed by atoms with Gasteiger partial charge in [0.2, 0.25) is 0 Å². The second-order valence-corrected chi connectivity index (χ2v) is 15.6. The molecule has 1 heterocycles. The number of aromatic nitrogens is 3. The highest BCUT2D eigenvalue weighted by Crippen LogP contribution is 2.62. The van der Waals surface area contributed by atoms with Crippen LogP contribution in [0.15, 0.2) is 188 Å². The van der Waals surface area contributed by atoms with Crippen molar-refractivity contribution in [2.75, 3.05) is 0 Å². The average Bonchev–Trinajstić information content (AvgIpc) is 3.56. The maximum Gasteiger partial charge on any atom is 0.164 e. The zero-order valence-electron chi connectivity index (χ0n) is 31.2. The summed E-state index contributed by atoms with van der Waals surface area (Å²) in [5.41, 5.74) is 15.3. The molecule has 0 N–H and O–H groups in total. The van der Waals surface area contributed by atoms with Gasteiger partial charge in [-0.25, -0.2) is 15.0 Å². The lowest BCUT2D eigenvalue weighted by atomic mass is 9.55. The lowest BCUT2D eigenvalue weighted by Crippen LogP contribution is -2.40. The number of hydrogen-bond acceptors (Lipinski definition) is 3. The van der Waals surface area contributed by atoms with Gasteiger partial charge in [0.1, 0.15) is 0 Å². The van der Waals surface area contributed by atoms with Gasteiger partial charge >= 0.3 is 0 Å². The van der Waals surface area contributed by atoms with Crippen LogP contribution < -0.4 is 0 Å². The lowest BCUT2D eigenvalue weighted by Gasteiger charge is -2.46. The first kappa shape index (κ1) is 32.5. The Balaban J connectivity index is 1.09. The van der Waals surface area contributed by atoms with Crippen LogP contribution >= 0.6 is 0 Å². The van der Waals surface area contributed by atoms with Crippen molar-refractivity contribution < 1.29 is 0 Å². The summed E-state index contributed by atoms with van der Waals surface area (Å²) in [6, 6.07) is 67.9. The molecule has 0 saturated carbocycles. The fourth-order valence-electron chi connectivity index (χ4n) is 9.63. The van der Waals surface area contributed by atoms with Gasteiger partial charge < -0.3 is 0 Å². The molecule has 0 bridgehead atoms. The summed E-state index contributed by atoms with van der Waals surface area (Å²) in [6.07, 6.45) is 0. The van der Waals surface area contributed by atoms with Crippen LogP contribution in [-0.4, -0.2) is 15.0 Å². The molecule has 2 aliphatic rings. The first-order valence-electron chi connectivity index (χ1n) is 19.4. The molecule has 3 heteroatoms. The highest BCUT2D eigenvalue weighted by Gasteiger charge is 2.53. The van der Waals surface area contributed by atoms with E-state index < -0.39 is 5.41 Å². The van der Waals surface area contributed by atoms with E-state index in [1.807, 2.05) is 18.2 Å². The fourth-order valence-corrected chi connectivity index (χ4v) is 9.63. The fraction of sp³-hybridized carbons (Fsp3) is 0.0755. The van der Waals surface area contributed by atoms with E-state index in [9.17, 15) is 0 Å². The SMILES string of the molecule is CC1(C)c2ccccc2C2(c3ccccc3-c3ccccc32)c2ccc(-c3cccc(-c4nc(-c5ccccc5)nc(-c5cccc6ccccc56)n4)c3)cc21. The van der Waals surface area contributed by atoms with Crippen molar-refractivity contribution in [1.29, 1.82) is 0 Å². The van der Waals surface area contributed by atoms with Gasteiger partial charge in [-0.1, -0.05) is 190 Å². The largest absolute Gasteiger partial charge is 0.208 e. The third kappa shape index (κ3) is 4.67. The lowest BCUT2D eigenvalue weighted by molar-refractivity contribution is 0.563. The Bertz CT molecular complexity index is 2960. The van der Waals surface area contributed by atoms with E-state index in [1.165, 1.54) is 50.1 Å². The normalized spacial score (nSPS) is 14.2. The summed E-state index contributed by atoms with van der Waals surface area (Å²) in [7, 11) is 0. The molecule has 3 nitrogen and oxygen atoms in total. The number of fused-ring (bicyclic) bond motifs is 10. The molecule has 8 aromatic carbocycles. The highest BCUT2D eigenvalue weighted by molar-refractivity contribution is 5.95. The predicted octanol–water partition coefficient (Wildman–Crippen LogP) is 12.7. The number of benzene rings is 8. The molecule has 0 amide bonds. The van der Waals surface area contributed by atoms with Gasteiger partial charge in [-0.3, -0.25) is 0 Å². The summed E-state index contributed by atoms with van der Waals surface area (Å²) < 4.78 is 0. The Morgan fingerprint density at radius 2 is 0.821 bits per heavy atom. The van der Waals surface area contributed by atoms with Gasteiger partial charge in [0.25, 0.3) is 0 Å². The van der Waals surface area contributed by atoms with E-state index >= 15 is 0 Å². The molecule has 56 heavy (non-hydrogen) atoms. The smallest absolute Gasteiger partial charge is 0.164 e. The Morgan fingerprint density at radius 3 is 1.59 bits per heavy atom. The van der Waals surface area contributed by atoms with Crippen molar-refractivity contribution >= 4 is 10.8 Å². The van der Waals surface area contributed by atoms with E-state index in [2.05, 4.69) is 184 Å². The quantitative estimate of drug-likeness (QED) is 0.182. The summed E-state index contributed by atoms with van der Waals surface area (Å²) in [5, 5.41) is 2.27. The molecule has 1 aromatic heterocycles. The van der Waals surface area contributed by atoms with Crippen LogP contribution in [0.3, 0.4) is 0 Å². The molecule has 0 radical (unpaired) electrons. The van der Waals surface area contributed by atoms with E-state index in [0.717, 1.165) is 33.0 Å². The van der Waals surface area contributed by atoms with Gasteiger partial charge in [0.15, 0.2) is 17.5 Å². The third-order valence-corrected chi connectivity index (χ3v) is 12.2.